The van der Waals surface area contributed by atoms with Gasteiger partial charge in [0.25, 0.3) is 0 Å². The van der Waals surface area contributed by atoms with Crippen molar-refractivity contribution < 1.29 is 8.42 Å². The summed E-state index contributed by atoms with van der Waals surface area (Å²) in [5.41, 5.74) is 2.68. The number of pyridine rings is 2. The molecule has 150 valence electrons. The zero-order valence-electron chi connectivity index (χ0n) is 16.2. The Morgan fingerprint density at radius 3 is 2.97 bits per heavy atom. The predicted molar refractivity (Wildman–Crippen MR) is 113 cm³/mol. The molecule has 4 aromatic heterocycles. The second-order valence-electron chi connectivity index (χ2n) is 7.83. The first kappa shape index (κ1) is 18.3. The van der Waals surface area contributed by atoms with E-state index in [2.05, 4.69) is 38.7 Å². The number of hydrogen-bond acceptors (Lipinski definition) is 4. The Labute approximate surface area is 169 Å². The van der Waals surface area contributed by atoms with Crippen LogP contribution in [-0.4, -0.2) is 45.3 Å². The molecule has 8 heteroatoms. The van der Waals surface area contributed by atoms with Crippen LogP contribution in [0.25, 0.3) is 21.9 Å². The van der Waals surface area contributed by atoms with E-state index < -0.39 is 10.0 Å². The zero-order valence-corrected chi connectivity index (χ0v) is 17.0. The van der Waals surface area contributed by atoms with Crippen molar-refractivity contribution in [1.29, 1.82) is 0 Å². The third kappa shape index (κ3) is 3.22. The fraction of sp³-hybridized carbons (Fsp3) is 0.333. The van der Waals surface area contributed by atoms with Crippen molar-refractivity contribution in [2.24, 2.45) is 5.92 Å². The second kappa shape index (κ2) is 6.96. The molecule has 0 aromatic carbocycles. The van der Waals surface area contributed by atoms with Gasteiger partial charge < -0.3 is 9.55 Å². The monoisotopic (exact) mass is 409 g/mol. The highest BCUT2D eigenvalue weighted by Crippen LogP contribution is 2.34. The first-order chi connectivity index (χ1) is 14.0. The number of piperidine rings is 1. The van der Waals surface area contributed by atoms with E-state index >= 15 is 0 Å². The molecular weight excluding hydrogens is 386 g/mol. The predicted octanol–water partition coefficient (Wildman–Crippen LogP) is 3.33. The summed E-state index contributed by atoms with van der Waals surface area (Å²) in [6, 6.07) is 7.75. The minimum Gasteiger partial charge on any atom is -0.346 e. The number of sulfonamides is 1. The Bertz CT molecular complexity index is 1260. The molecule has 1 aliphatic heterocycles. The molecule has 5 heterocycles. The Balaban J connectivity index is 1.49. The van der Waals surface area contributed by atoms with Gasteiger partial charge in [-0.25, -0.2) is 13.4 Å². The van der Waals surface area contributed by atoms with E-state index in [1.165, 1.54) is 0 Å². The summed E-state index contributed by atoms with van der Waals surface area (Å²) in [7, 11) is -3.41. The van der Waals surface area contributed by atoms with Crippen molar-refractivity contribution in [3.8, 4) is 0 Å². The summed E-state index contributed by atoms with van der Waals surface area (Å²) in [6.45, 7) is 3.24. The number of aromatic amines is 1. The summed E-state index contributed by atoms with van der Waals surface area (Å²) in [4.78, 5) is 11.7. The van der Waals surface area contributed by atoms with Crippen LogP contribution in [0.15, 0.2) is 55.2 Å². The smallest absolute Gasteiger partial charge is 0.218 e. The molecule has 5 rings (SSSR count). The van der Waals surface area contributed by atoms with E-state index in [-0.39, 0.29) is 11.8 Å². The van der Waals surface area contributed by atoms with E-state index in [9.17, 15) is 8.42 Å². The maximum atomic E-state index is 13.1. The van der Waals surface area contributed by atoms with Gasteiger partial charge in [-0.3, -0.25) is 4.98 Å². The normalized spacial score (nSPS) is 21.1. The number of H-pyrrole nitrogens is 1. The van der Waals surface area contributed by atoms with Crippen molar-refractivity contribution in [1.82, 2.24) is 23.8 Å². The van der Waals surface area contributed by atoms with Gasteiger partial charge in [0.2, 0.25) is 10.0 Å². The van der Waals surface area contributed by atoms with E-state index in [4.69, 9.17) is 0 Å². The molecule has 29 heavy (non-hydrogen) atoms. The Morgan fingerprint density at radius 2 is 2.14 bits per heavy atom. The fourth-order valence-electron chi connectivity index (χ4n) is 4.35. The minimum absolute atomic E-state index is 0.0135. The summed E-state index contributed by atoms with van der Waals surface area (Å²) in [5.74, 6) is 0.359. The van der Waals surface area contributed by atoms with Gasteiger partial charge in [0.15, 0.2) is 0 Å². The van der Waals surface area contributed by atoms with Crippen LogP contribution >= 0.6 is 0 Å². The molecule has 7 nitrogen and oxygen atoms in total. The topological polar surface area (TPSA) is 83.9 Å². The SMILES string of the molecule is C[C@@H]1CCN(S(=O)(=O)Cc2cccnc2)C[C@@H]1n1ccc2cnc3[nH]ccc3c21. The van der Waals surface area contributed by atoms with E-state index in [1.807, 2.05) is 24.5 Å². The van der Waals surface area contributed by atoms with Gasteiger partial charge in [0.05, 0.1) is 17.3 Å². The molecule has 1 fully saturated rings. The van der Waals surface area contributed by atoms with Crippen LogP contribution < -0.4 is 0 Å². The number of rotatable bonds is 4. The Hall–Kier alpha value is -2.71. The van der Waals surface area contributed by atoms with Crippen LogP contribution in [0.4, 0.5) is 0 Å². The third-order valence-electron chi connectivity index (χ3n) is 5.96. The van der Waals surface area contributed by atoms with Gasteiger partial charge in [0, 0.05) is 54.8 Å². The van der Waals surface area contributed by atoms with Crippen LogP contribution in [0.3, 0.4) is 0 Å². The van der Waals surface area contributed by atoms with Crippen molar-refractivity contribution in [3.63, 3.8) is 0 Å². The third-order valence-corrected chi connectivity index (χ3v) is 7.78. The van der Waals surface area contributed by atoms with Gasteiger partial charge >= 0.3 is 0 Å². The second-order valence-corrected chi connectivity index (χ2v) is 9.80. The number of nitrogens with zero attached hydrogens (tertiary/aromatic N) is 4. The Morgan fingerprint density at radius 1 is 1.24 bits per heavy atom. The summed E-state index contributed by atoms with van der Waals surface area (Å²) in [5, 5.41) is 2.13. The number of fused-ring (bicyclic) bond motifs is 3. The molecule has 1 aliphatic rings. The maximum absolute atomic E-state index is 13.1. The van der Waals surface area contributed by atoms with E-state index in [1.54, 1.807) is 22.8 Å². The van der Waals surface area contributed by atoms with Gasteiger partial charge in [-0.15, -0.1) is 0 Å². The molecule has 0 amide bonds. The average Bonchev–Trinajstić information content (AvgIpc) is 3.35. The number of nitrogens with one attached hydrogen (secondary N) is 1. The lowest BCUT2D eigenvalue weighted by Crippen LogP contribution is -2.44. The molecule has 0 unspecified atom stereocenters. The lowest BCUT2D eigenvalue weighted by molar-refractivity contribution is 0.204. The summed E-state index contributed by atoms with van der Waals surface area (Å²) >= 11 is 0. The molecule has 0 saturated carbocycles. The largest absolute Gasteiger partial charge is 0.346 e. The Kier molecular flexibility index (Phi) is 4.40. The molecule has 1 saturated heterocycles. The van der Waals surface area contributed by atoms with Crippen LogP contribution in [0.1, 0.15) is 24.9 Å². The van der Waals surface area contributed by atoms with Crippen LogP contribution in [-0.2, 0) is 15.8 Å². The van der Waals surface area contributed by atoms with Crippen molar-refractivity contribution in [2.75, 3.05) is 13.1 Å². The lowest BCUT2D eigenvalue weighted by atomic mass is 9.94. The van der Waals surface area contributed by atoms with Crippen LogP contribution in [0, 0.1) is 5.92 Å². The van der Waals surface area contributed by atoms with E-state index in [0.717, 1.165) is 28.4 Å². The highest BCUT2D eigenvalue weighted by Gasteiger charge is 2.34. The van der Waals surface area contributed by atoms with Gasteiger partial charge in [-0.05, 0) is 36.1 Å². The maximum Gasteiger partial charge on any atom is 0.218 e. The molecule has 0 radical (unpaired) electrons. The molecule has 0 aliphatic carbocycles. The molecule has 0 spiro atoms. The van der Waals surface area contributed by atoms with Gasteiger partial charge in [0.1, 0.15) is 5.65 Å². The molecule has 1 N–H and O–H groups in total. The van der Waals surface area contributed by atoms with E-state index in [0.29, 0.717) is 24.6 Å². The van der Waals surface area contributed by atoms with Crippen molar-refractivity contribution in [3.05, 3.63) is 60.8 Å². The molecular formula is C21H23N5O2S. The van der Waals surface area contributed by atoms with Crippen LogP contribution in [0.2, 0.25) is 0 Å². The number of hydrogen-bond donors (Lipinski definition) is 1. The number of aromatic nitrogens is 4. The molecule has 2 atom stereocenters. The zero-order chi connectivity index (χ0) is 20.0. The van der Waals surface area contributed by atoms with Crippen molar-refractivity contribution >= 4 is 32.0 Å². The first-order valence-electron chi connectivity index (χ1n) is 9.82. The summed E-state index contributed by atoms with van der Waals surface area (Å²) in [6.07, 6.45) is 9.94. The highest BCUT2D eigenvalue weighted by atomic mass is 32.2. The minimum atomic E-state index is -3.41. The summed E-state index contributed by atoms with van der Waals surface area (Å²) < 4.78 is 30.1. The lowest BCUT2D eigenvalue weighted by Gasteiger charge is -2.37. The quantitative estimate of drug-likeness (QED) is 0.560. The molecule has 0 bridgehead atoms. The van der Waals surface area contributed by atoms with Crippen LogP contribution in [0.5, 0.6) is 0 Å². The average molecular weight is 410 g/mol. The molecule has 4 aromatic rings. The highest BCUT2D eigenvalue weighted by molar-refractivity contribution is 7.88. The van der Waals surface area contributed by atoms with Gasteiger partial charge in [-0.2, -0.15) is 4.31 Å². The fourth-order valence-corrected chi connectivity index (χ4v) is 5.89. The standard InChI is InChI=1S/C21H23N5O2S/c1-15-5-9-25(29(27,28)14-16-3-2-7-22-11-16)13-19(15)26-10-6-17-12-24-21-18(20(17)26)4-8-23-21/h2-4,6-8,10-12,15,19H,5,9,13-14H2,1H3,(H,23,24)/t15-,19+/m1/s1. The van der Waals surface area contributed by atoms with Gasteiger partial charge in [-0.1, -0.05) is 13.0 Å². The first-order valence-corrected chi connectivity index (χ1v) is 11.4. The van der Waals surface area contributed by atoms with Crippen molar-refractivity contribution in [2.45, 2.75) is 25.1 Å².